The molecule has 1 aromatic rings. The normalized spacial score (nSPS) is 18.2. The summed E-state index contributed by atoms with van der Waals surface area (Å²) in [6, 6.07) is 2.92. The Balaban J connectivity index is 1.91. The van der Waals surface area contributed by atoms with Gasteiger partial charge in [0.05, 0.1) is 5.56 Å². The SMILES string of the molecule is CC1CCC=C(CC(=O)Nc2ccc(C(=O)O)cn2)C1. The van der Waals surface area contributed by atoms with Crippen LogP contribution in [0.25, 0.3) is 0 Å². The predicted molar refractivity (Wildman–Crippen MR) is 75.5 cm³/mol. The second-order valence-electron chi connectivity index (χ2n) is 5.21. The van der Waals surface area contributed by atoms with E-state index in [-0.39, 0.29) is 11.5 Å². The number of pyridine rings is 1. The Morgan fingerprint density at radius 2 is 2.25 bits per heavy atom. The largest absolute Gasteiger partial charge is 0.478 e. The summed E-state index contributed by atoms with van der Waals surface area (Å²) in [4.78, 5) is 26.5. The molecule has 0 fully saturated rings. The van der Waals surface area contributed by atoms with Crippen molar-refractivity contribution in [3.8, 4) is 0 Å². The van der Waals surface area contributed by atoms with E-state index in [2.05, 4.69) is 23.3 Å². The summed E-state index contributed by atoms with van der Waals surface area (Å²) >= 11 is 0. The number of hydrogen-bond acceptors (Lipinski definition) is 3. The summed E-state index contributed by atoms with van der Waals surface area (Å²) in [5.74, 6) is -0.127. The van der Waals surface area contributed by atoms with Gasteiger partial charge in [0.15, 0.2) is 0 Å². The molecular formula is C15H18N2O3. The lowest BCUT2D eigenvalue weighted by atomic mass is 9.89. The number of rotatable bonds is 4. The van der Waals surface area contributed by atoms with E-state index in [1.807, 2.05) is 0 Å². The van der Waals surface area contributed by atoms with Crippen molar-refractivity contribution in [2.75, 3.05) is 5.32 Å². The maximum atomic E-state index is 11.9. The van der Waals surface area contributed by atoms with E-state index in [1.165, 1.54) is 30.3 Å². The highest BCUT2D eigenvalue weighted by Crippen LogP contribution is 2.25. The first kappa shape index (κ1) is 14.2. The van der Waals surface area contributed by atoms with Crippen molar-refractivity contribution in [3.05, 3.63) is 35.5 Å². The van der Waals surface area contributed by atoms with Crippen LogP contribution >= 0.6 is 0 Å². The molecule has 0 radical (unpaired) electrons. The van der Waals surface area contributed by atoms with E-state index in [1.54, 1.807) is 0 Å². The van der Waals surface area contributed by atoms with Crippen LogP contribution in [0.4, 0.5) is 5.82 Å². The summed E-state index contributed by atoms with van der Waals surface area (Å²) in [7, 11) is 0. The highest BCUT2D eigenvalue weighted by Gasteiger charge is 2.14. The average molecular weight is 274 g/mol. The van der Waals surface area contributed by atoms with Gasteiger partial charge in [-0.25, -0.2) is 9.78 Å². The second-order valence-corrected chi connectivity index (χ2v) is 5.21. The first-order chi connectivity index (χ1) is 9.54. The van der Waals surface area contributed by atoms with Crippen molar-refractivity contribution in [1.29, 1.82) is 0 Å². The Morgan fingerprint density at radius 3 is 2.85 bits per heavy atom. The lowest BCUT2D eigenvalue weighted by Crippen LogP contribution is -2.15. The first-order valence-electron chi connectivity index (χ1n) is 6.71. The maximum Gasteiger partial charge on any atom is 0.337 e. The Kier molecular flexibility index (Phi) is 4.50. The molecule has 1 aliphatic carbocycles. The quantitative estimate of drug-likeness (QED) is 0.827. The summed E-state index contributed by atoms with van der Waals surface area (Å²) in [5.41, 5.74) is 1.27. The second kappa shape index (κ2) is 6.32. The molecule has 0 aliphatic heterocycles. The fourth-order valence-corrected chi connectivity index (χ4v) is 2.34. The number of carboxylic acids is 1. The smallest absolute Gasteiger partial charge is 0.337 e. The molecule has 0 saturated carbocycles. The number of anilines is 1. The lowest BCUT2D eigenvalue weighted by Gasteiger charge is -2.18. The predicted octanol–water partition coefficient (Wildman–Crippen LogP) is 2.85. The topological polar surface area (TPSA) is 79.3 Å². The van der Waals surface area contributed by atoms with Gasteiger partial charge in [0.2, 0.25) is 5.91 Å². The van der Waals surface area contributed by atoms with Gasteiger partial charge in [-0.3, -0.25) is 4.79 Å². The van der Waals surface area contributed by atoms with Gasteiger partial charge < -0.3 is 10.4 Å². The number of aromatic nitrogens is 1. The van der Waals surface area contributed by atoms with E-state index in [4.69, 9.17) is 5.11 Å². The van der Waals surface area contributed by atoms with Gasteiger partial charge in [-0.05, 0) is 37.3 Å². The van der Waals surface area contributed by atoms with Crippen LogP contribution < -0.4 is 5.32 Å². The van der Waals surface area contributed by atoms with Crippen LogP contribution in [0, 0.1) is 5.92 Å². The molecule has 1 heterocycles. The van der Waals surface area contributed by atoms with Crippen molar-refractivity contribution in [3.63, 3.8) is 0 Å². The van der Waals surface area contributed by atoms with Crippen LogP contribution in [-0.2, 0) is 4.79 Å². The molecule has 1 amide bonds. The minimum atomic E-state index is -1.03. The van der Waals surface area contributed by atoms with Crippen LogP contribution in [-0.4, -0.2) is 22.0 Å². The van der Waals surface area contributed by atoms with Gasteiger partial charge in [0.1, 0.15) is 5.82 Å². The molecule has 2 rings (SSSR count). The first-order valence-corrected chi connectivity index (χ1v) is 6.71. The zero-order chi connectivity index (χ0) is 14.5. The number of carbonyl (C=O) groups is 2. The fourth-order valence-electron chi connectivity index (χ4n) is 2.34. The molecule has 20 heavy (non-hydrogen) atoms. The number of aromatic carboxylic acids is 1. The Morgan fingerprint density at radius 1 is 1.45 bits per heavy atom. The van der Waals surface area contributed by atoms with Crippen LogP contribution in [0.3, 0.4) is 0 Å². The van der Waals surface area contributed by atoms with Gasteiger partial charge in [0, 0.05) is 12.6 Å². The highest BCUT2D eigenvalue weighted by molar-refractivity contribution is 5.92. The van der Waals surface area contributed by atoms with Gasteiger partial charge in [-0.2, -0.15) is 0 Å². The van der Waals surface area contributed by atoms with Gasteiger partial charge in [-0.15, -0.1) is 0 Å². The van der Waals surface area contributed by atoms with Crippen molar-refractivity contribution in [2.45, 2.75) is 32.6 Å². The molecule has 0 saturated heterocycles. The molecule has 106 valence electrons. The zero-order valence-electron chi connectivity index (χ0n) is 11.4. The summed E-state index contributed by atoms with van der Waals surface area (Å²) < 4.78 is 0. The van der Waals surface area contributed by atoms with Crippen LogP contribution in [0.15, 0.2) is 30.0 Å². The Bertz CT molecular complexity index is 535. The fraction of sp³-hybridized carbons (Fsp3) is 0.400. The Hall–Kier alpha value is -2.17. The number of nitrogens with zero attached hydrogens (tertiary/aromatic N) is 1. The molecule has 5 nitrogen and oxygen atoms in total. The number of nitrogens with one attached hydrogen (secondary N) is 1. The molecule has 0 bridgehead atoms. The number of amides is 1. The third-order valence-electron chi connectivity index (χ3n) is 3.37. The molecule has 1 atom stereocenters. The zero-order valence-corrected chi connectivity index (χ0v) is 11.4. The maximum absolute atomic E-state index is 11.9. The number of allylic oxidation sites excluding steroid dienone is 1. The van der Waals surface area contributed by atoms with E-state index in [0.717, 1.165) is 12.8 Å². The van der Waals surface area contributed by atoms with Crippen molar-refractivity contribution < 1.29 is 14.7 Å². The van der Waals surface area contributed by atoms with Crippen molar-refractivity contribution in [1.82, 2.24) is 4.98 Å². The number of carbonyl (C=O) groups excluding carboxylic acids is 1. The number of carboxylic acid groups (broad SMARTS) is 1. The molecule has 2 N–H and O–H groups in total. The van der Waals surface area contributed by atoms with E-state index >= 15 is 0 Å². The van der Waals surface area contributed by atoms with Gasteiger partial charge in [0.25, 0.3) is 0 Å². The summed E-state index contributed by atoms with van der Waals surface area (Å²) in [6.45, 7) is 2.19. The third kappa shape index (κ3) is 3.91. The molecule has 1 aliphatic rings. The van der Waals surface area contributed by atoms with E-state index in [0.29, 0.717) is 18.2 Å². The third-order valence-corrected chi connectivity index (χ3v) is 3.37. The Labute approximate surface area is 117 Å². The van der Waals surface area contributed by atoms with Gasteiger partial charge >= 0.3 is 5.97 Å². The van der Waals surface area contributed by atoms with Crippen LogP contribution in [0.2, 0.25) is 0 Å². The number of hydrogen-bond donors (Lipinski definition) is 2. The minimum Gasteiger partial charge on any atom is -0.478 e. The van der Waals surface area contributed by atoms with E-state index < -0.39 is 5.97 Å². The molecule has 1 aromatic heterocycles. The minimum absolute atomic E-state index is 0.104. The molecule has 1 unspecified atom stereocenters. The van der Waals surface area contributed by atoms with Crippen molar-refractivity contribution >= 4 is 17.7 Å². The monoisotopic (exact) mass is 274 g/mol. The standard InChI is InChI=1S/C15H18N2O3/c1-10-3-2-4-11(7-10)8-14(18)17-13-6-5-12(9-16-13)15(19)20/h4-6,9-10H,2-3,7-8H2,1H3,(H,19,20)(H,16,17,18). The lowest BCUT2D eigenvalue weighted by molar-refractivity contribution is -0.115. The molecule has 0 aromatic carbocycles. The van der Waals surface area contributed by atoms with Gasteiger partial charge in [-0.1, -0.05) is 18.6 Å². The molecule has 0 spiro atoms. The van der Waals surface area contributed by atoms with Crippen LogP contribution in [0.5, 0.6) is 0 Å². The average Bonchev–Trinajstić information content (AvgIpc) is 2.39. The summed E-state index contributed by atoms with van der Waals surface area (Å²) in [5, 5.41) is 11.5. The van der Waals surface area contributed by atoms with Crippen LogP contribution in [0.1, 0.15) is 43.0 Å². The summed E-state index contributed by atoms with van der Waals surface area (Å²) in [6.07, 6.45) is 6.95. The highest BCUT2D eigenvalue weighted by atomic mass is 16.4. The van der Waals surface area contributed by atoms with Crippen molar-refractivity contribution in [2.24, 2.45) is 5.92 Å². The van der Waals surface area contributed by atoms with E-state index in [9.17, 15) is 9.59 Å². The molecule has 5 heteroatoms. The molecular weight excluding hydrogens is 256 g/mol.